The normalized spacial score (nSPS) is 11.0. The van der Waals surface area contributed by atoms with Crippen LogP contribution >= 0.6 is 35.3 Å². The highest BCUT2D eigenvalue weighted by Gasteiger charge is 2.09. The van der Waals surface area contributed by atoms with Gasteiger partial charge in [0.2, 0.25) is 5.88 Å². The lowest BCUT2D eigenvalue weighted by Crippen LogP contribution is -2.36. The maximum absolute atomic E-state index is 13.4. The predicted octanol–water partition coefficient (Wildman–Crippen LogP) is 4.57. The molecular weight excluding hydrogens is 504 g/mol. The summed E-state index contributed by atoms with van der Waals surface area (Å²) in [7, 11) is 1.71. The molecule has 2 heterocycles. The molecule has 0 aliphatic heterocycles. The van der Waals surface area contributed by atoms with Gasteiger partial charge in [0.25, 0.3) is 0 Å². The number of nitrogens with one attached hydrogen (secondary N) is 2. The summed E-state index contributed by atoms with van der Waals surface area (Å²) >= 11 is 1.67. The summed E-state index contributed by atoms with van der Waals surface area (Å²) in [5, 5.41) is 7.49. The Kier molecular flexibility index (Phi) is 8.77. The smallest absolute Gasteiger partial charge is 0.224 e. The van der Waals surface area contributed by atoms with Crippen molar-refractivity contribution in [2.24, 2.45) is 4.99 Å². The van der Waals surface area contributed by atoms with Gasteiger partial charge in [-0.25, -0.2) is 14.4 Å². The Morgan fingerprint density at radius 1 is 1.17 bits per heavy atom. The maximum atomic E-state index is 13.4. The summed E-state index contributed by atoms with van der Waals surface area (Å²) in [6.45, 7) is 5.11. The number of aromatic nitrogens is 2. The third kappa shape index (κ3) is 6.64. The SMILES string of the molecule is CN=C(NCc1nc(C)c(C)s1)NCc1cccnc1Oc1cccc(F)c1.I. The first-order valence-corrected chi connectivity index (χ1v) is 9.61. The second kappa shape index (κ2) is 11.1. The number of thiazole rings is 1. The Bertz CT molecular complexity index is 960. The lowest BCUT2D eigenvalue weighted by atomic mass is 10.2. The van der Waals surface area contributed by atoms with Crippen LogP contribution in [0.2, 0.25) is 0 Å². The molecule has 0 radical (unpaired) electrons. The van der Waals surface area contributed by atoms with Crippen LogP contribution in [0.15, 0.2) is 47.6 Å². The van der Waals surface area contributed by atoms with Crippen molar-refractivity contribution in [1.82, 2.24) is 20.6 Å². The van der Waals surface area contributed by atoms with E-state index in [1.54, 1.807) is 36.7 Å². The lowest BCUT2D eigenvalue weighted by Gasteiger charge is -2.13. The number of guanidine groups is 1. The molecule has 29 heavy (non-hydrogen) atoms. The van der Waals surface area contributed by atoms with Gasteiger partial charge in [-0.1, -0.05) is 12.1 Å². The summed E-state index contributed by atoms with van der Waals surface area (Å²) in [5.41, 5.74) is 1.88. The summed E-state index contributed by atoms with van der Waals surface area (Å²) in [4.78, 5) is 14.2. The monoisotopic (exact) mass is 527 g/mol. The zero-order valence-electron chi connectivity index (χ0n) is 16.4. The molecule has 0 fully saturated rings. The van der Waals surface area contributed by atoms with Crippen LogP contribution in [0.3, 0.4) is 0 Å². The third-order valence-corrected chi connectivity index (χ3v) is 5.08. The molecule has 2 aromatic heterocycles. The Labute approximate surface area is 190 Å². The fourth-order valence-electron chi connectivity index (χ4n) is 2.47. The molecular formula is C20H23FIN5OS. The number of aryl methyl sites for hydroxylation is 2. The first kappa shape index (κ1) is 23.0. The van der Waals surface area contributed by atoms with Crippen molar-refractivity contribution >= 4 is 41.3 Å². The van der Waals surface area contributed by atoms with Crippen molar-refractivity contribution in [3.63, 3.8) is 0 Å². The molecule has 154 valence electrons. The van der Waals surface area contributed by atoms with E-state index < -0.39 is 0 Å². The number of nitrogens with zero attached hydrogens (tertiary/aromatic N) is 3. The fourth-order valence-corrected chi connectivity index (χ4v) is 3.34. The summed E-state index contributed by atoms with van der Waals surface area (Å²) in [6.07, 6.45) is 1.64. The van der Waals surface area contributed by atoms with Crippen LogP contribution in [0, 0.1) is 19.7 Å². The quantitative estimate of drug-likeness (QED) is 0.279. The molecule has 0 unspecified atom stereocenters. The number of benzene rings is 1. The van der Waals surface area contributed by atoms with Crippen molar-refractivity contribution in [3.05, 3.63) is 69.6 Å². The number of hydrogen-bond donors (Lipinski definition) is 2. The molecule has 3 rings (SSSR count). The molecule has 0 spiro atoms. The van der Waals surface area contributed by atoms with E-state index in [2.05, 4.69) is 32.5 Å². The molecule has 0 atom stereocenters. The molecule has 0 bridgehead atoms. The molecule has 0 saturated heterocycles. The van der Waals surface area contributed by atoms with Crippen LogP contribution in [-0.4, -0.2) is 23.0 Å². The summed E-state index contributed by atoms with van der Waals surface area (Å²) in [6, 6.07) is 9.70. The van der Waals surface area contributed by atoms with Crippen LogP contribution in [-0.2, 0) is 13.1 Å². The van der Waals surface area contributed by atoms with Crippen LogP contribution < -0.4 is 15.4 Å². The van der Waals surface area contributed by atoms with E-state index in [-0.39, 0.29) is 29.8 Å². The highest BCUT2D eigenvalue weighted by molar-refractivity contribution is 14.0. The number of ether oxygens (including phenoxy) is 1. The molecule has 0 aliphatic carbocycles. The van der Waals surface area contributed by atoms with E-state index in [9.17, 15) is 4.39 Å². The number of hydrogen-bond acceptors (Lipinski definition) is 5. The molecule has 0 aliphatic rings. The minimum atomic E-state index is -0.356. The summed E-state index contributed by atoms with van der Waals surface area (Å²) < 4.78 is 19.1. The van der Waals surface area contributed by atoms with Gasteiger partial charge in [0.05, 0.1) is 12.2 Å². The average molecular weight is 527 g/mol. The lowest BCUT2D eigenvalue weighted by molar-refractivity contribution is 0.450. The largest absolute Gasteiger partial charge is 0.439 e. The predicted molar refractivity (Wildman–Crippen MR) is 125 cm³/mol. The van der Waals surface area contributed by atoms with Crippen LogP contribution in [0.4, 0.5) is 4.39 Å². The first-order chi connectivity index (χ1) is 13.5. The van der Waals surface area contributed by atoms with Gasteiger partial charge in [0, 0.05) is 36.3 Å². The van der Waals surface area contributed by atoms with E-state index in [4.69, 9.17) is 4.74 Å². The molecule has 2 N–H and O–H groups in total. The fraction of sp³-hybridized carbons (Fsp3) is 0.250. The Balaban J connectivity index is 0.00000300. The van der Waals surface area contributed by atoms with E-state index in [1.165, 1.54) is 17.0 Å². The second-order valence-corrected chi connectivity index (χ2v) is 7.34. The van der Waals surface area contributed by atoms with Crippen molar-refractivity contribution < 1.29 is 9.13 Å². The topological polar surface area (TPSA) is 71.4 Å². The van der Waals surface area contributed by atoms with Gasteiger partial charge < -0.3 is 15.4 Å². The highest BCUT2D eigenvalue weighted by Crippen LogP contribution is 2.23. The zero-order valence-corrected chi connectivity index (χ0v) is 19.5. The van der Waals surface area contributed by atoms with E-state index in [1.807, 2.05) is 19.1 Å². The van der Waals surface area contributed by atoms with E-state index >= 15 is 0 Å². The van der Waals surface area contributed by atoms with Crippen molar-refractivity contribution in [2.75, 3.05) is 7.05 Å². The van der Waals surface area contributed by atoms with Gasteiger partial charge in [0.15, 0.2) is 5.96 Å². The first-order valence-electron chi connectivity index (χ1n) is 8.80. The van der Waals surface area contributed by atoms with Crippen molar-refractivity contribution in [2.45, 2.75) is 26.9 Å². The Morgan fingerprint density at radius 3 is 2.66 bits per heavy atom. The zero-order chi connectivity index (χ0) is 19.9. The second-order valence-electron chi connectivity index (χ2n) is 6.06. The molecule has 1 aromatic carbocycles. The van der Waals surface area contributed by atoms with Gasteiger partial charge in [-0.2, -0.15) is 0 Å². The molecule has 3 aromatic rings. The Morgan fingerprint density at radius 2 is 1.97 bits per heavy atom. The Hall–Kier alpha value is -2.27. The van der Waals surface area contributed by atoms with E-state index in [0.717, 1.165) is 16.3 Å². The van der Waals surface area contributed by atoms with Gasteiger partial charge in [-0.05, 0) is 32.0 Å². The van der Waals surface area contributed by atoms with Crippen LogP contribution in [0.5, 0.6) is 11.6 Å². The molecule has 6 nitrogen and oxygen atoms in total. The van der Waals surface area contributed by atoms with Crippen molar-refractivity contribution in [1.29, 1.82) is 0 Å². The molecule has 9 heteroatoms. The highest BCUT2D eigenvalue weighted by atomic mass is 127. The van der Waals surface area contributed by atoms with Crippen LogP contribution in [0.1, 0.15) is 21.1 Å². The third-order valence-electron chi connectivity index (χ3n) is 4.01. The average Bonchev–Trinajstić information content (AvgIpc) is 3.01. The standard InChI is InChI=1S/C20H22FN5OS.HI/c1-13-14(2)28-18(26-13)12-25-20(22-3)24-11-15-6-5-9-23-19(15)27-17-8-4-7-16(21)10-17;/h4-10H,11-12H2,1-3H3,(H2,22,24,25);1H. The number of pyridine rings is 1. The van der Waals surface area contributed by atoms with Crippen LogP contribution in [0.25, 0.3) is 0 Å². The van der Waals surface area contributed by atoms with Gasteiger partial charge in [0.1, 0.15) is 16.6 Å². The maximum Gasteiger partial charge on any atom is 0.224 e. The van der Waals surface area contributed by atoms with Gasteiger partial charge in [-0.15, -0.1) is 35.3 Å². The van der Waals surface area contributed by atoms with Gasteiger partial charge >= 0.3 is 0 Å². The van der Waals surface area contributed by atoms with Gasteiger partial charge in [-0.3, -0.25) is 4.99 Å². The molecule has 0 saturated carbocycles. The molecule has 0 amide bonds. The summed E-state index contributed by atoms with van der Waals surface area (Å²) in [5.74, 6) is 1.11. The van der Waals surface area contributed by atoms with Crippen molar-refractivity contribution in [3.8, 4) is 11.6 Å². The minimum absolute atomic E-state index is 0. The van der Waals surface area contributed by atoms with E-state index in [0.29, 0.717) is 30.7 Å². The number of rotatable bonds is 6. The number of halogens is 2. The minimum Gasteiger partial charge on any atom is -0.439 e. The number of aliphatic imine (C=N–C) groups is 1.